The molecule has 0 heterocycles. The summed E-state index contributed by atoms with van der Waals surface area (Å²) in [5.74, 6) is -1.28. The molecule has 0 aromatic heterocycles. The van der Waals surface area contributed by atoms with Crippen molar-refractivity contribution in [2.45, 2.75) is 19.9 Å². The number of amides is 1. The first-order chi connectivity index (χ1) is 8.95. The molecule has 3 N–H and O–H groups in total. The number of aliphatic hydroxyl groups excluding tert-OH is 1. The van der Waals surface area contributed by atoms with E-state index in [1.54, 1.807) is 0 Å². The monoisotopic (exact) mass is 267 g/mol. The number of hydrogen-bond acceptors (Lipinski definition) is 4. The van der Waals surface area contributed by atoms with E-state index >= 15 is 0 Å². The van der Waals surface area contributed by atoms with Gasteiger partial charge < -0.3 is 20.3 Å². The third-order valence-electron chi connectivity index (χ3n) is 2.57. The number of aryl methyl sites for hydroxylation is 2. The summed E-state index contributed by atoms with van der Waals surface area (Å²) in [7, 11) is 0. The molecule has 0 fully saturated rings. The summed E-state index contributed by atoms with van der Waals surface area (Å²) in [5, 5.41) is 19.6. The van der Waals surface area contributed by atoms with E-state index in [0.29, 0.717) is 5.75 Å². The molecule has 0 saturated carbocycles. The van der Waals surface area contributed by atoms with Gasteiger partial charge in [0.15, 0.2) is 6.61 Å². The SMILES string of the molecule is Cc1cccc(C)c1OCC(=O)N[C@H](CO)C(=O)O. The highest BCUT2D eigenvalue weighted by Gasteiger charge is 2.19. The minimum absolute atomic E-state index is 0.296. The number of carboxylic acid groups (broad SMARTS) is 1. The van der Waals surface area contributed by atoms with Crippen LogP contribution in [0.3, 0.4) is 0 Å². The van der Waals surface area contributed by atoms with Crippen LogP contribution in [0.15, 0.2) is 18.2 Å². The fourth-order valence-corrected chi connectivity index (χ4v) is 1.59. The van der Waals surface area contributed by atoms with Crippen LogP contribution in [0.4, 0.5) is 0 Å². The number of ether oxygens (including phenoxy) is 1. The molecule has 0 radical (unpaired) electrons. The molecule has 104 valence electrons. The minimum atomic E-state index is -1.31. The normalized spacial score (nSPS) is 11.7. The molecule has 1 aromatic carbocycles. The van der Waals surface area contributed by atoms with Crippen molar-refractivity contribution in [3.05, 3.63) is 29.3 Å². The van der Waals surface area contributed by atoms with Gasteiger partial charge in [0.05, 0.1) is 6.61 Å². The van der Waals surface area contributed by atoms with Gasteiger partial charge in [-0.15, -0.1) is 0 Å². The lowest BCUT2D eigenvalue weighted by molar-refractivity contribution is -0.143. The molecule has 0 aliphatic carbocycles. The maximum absolute atomic E-state index is 11.5. The van der Waals surface area contributed by atoms with Gasteiger partial charge in [-0.05, 0) is 25.0 Å². The Balaban J connectivity index is 2.57. The minimum Gasteiger partial charge on any atom is -0.483 e. The molecule has 0 aliphatic heterocycles. The number of rotatable bonds is 6. The van der Waals surface area contributed by atoms with E-state index in [9.17, 15) is 9.59 Å². The van der Waals surface area contributed by atoms with E-state index in [0.717, 1.165) is 11.1 Å². The lowest BCUT2D eigenvalue weighted by Gasteiger charge is -2.14. The van der Waals surface area contributed by atoms with Crippen molar-refractivity contribution in [3.63, 3.8) is 0 Å². The molecular formula is C13H17NO5. The van der Waals surface area contributed by atoms with Crippen molar-refractivity contribution in [2.75, 3.05) is 13.2 Å². The van der Waals surface area contributed by atoms with Crippen LogP contribution in [0.2, 0.25) is 0 Å². The van der Waals surface area contributed by atoms with Crippen LogP contribution in [0.1, 0.15) is 11.1 Å². The number of carbonyl (C=O) groups is 2. The lowest BCUT2D eigenvalue weighted by atomic mass is 10.1. The van der Waals surface area contributed by atoms with Crippen LogP contribution in [-0.2, 0) is 9.59 Å². The van der Waals surface area contributed by atoms with Crippen LogP contribution >= 0.6 is 0 Å². The number of aliphatic hydroxyl groups is 1. The Bertz CT molecular complexity index is 452. The second-order valence-corrected chi connectivity index (χ2v) is 4.15. The van der Waals surface area contributed by atoms with Crippen LogP contribution in [0, 0.1) is 13.8 Å². The maximum atomic E-state index is 11.5. The number of carboxylic acids is 1. The topological polar surface area (TPSA) is 95.9 Å². The van der Waals surface area contributed by atoms with Crippen molar-refractivity contribution in [1.82, 2.24) is 5.32 Å². The molecule has 1 atom stereocenters. The molecule has 6 heteroatoms. The van der Waals surface area contributed by atoms with Gasteiger partial charge in [-0.3, -0.25) is 4.79 Å². The summed E-state index contributed by atoms with van der Waals surface area (Å²) in [5.41, 5.74) is 1.79. The van der Waals surface area contributed by atoms with Gasteiger partial charge in [-0.25, -0.2) is 4.79 Å². The van der Waals surface area contributed by atoms with Crippen LogP contribution in [0.5, 0.6) is 5.75 Å². The quantitative estimate of drug-likeness (QED) is 0.686. The molecule has 0 unspecified atom stereocenters. The summed E-state index contributed by atoms with van der Waals surface area (Å²) in [4.78, 5) is 22.1. The molecule has 6 nitrogen and oxygen atoms in total. The summed E-state index contributed by atoms with van der Waals surface area (Å²) >= 11 is 0. The Morgan fingerprint density at radius 2 is 1.89 bits per heavy atom. The first kappa shape index (κ1) is 15.0. The average Bonchev–Trinajstić information content (AvgIpc) is 2.35. The Morgan fingerprint density at radius 3 is 2.37 bits per heavy atom. The van der Waals surface area contributed by atoms with Crippen LogP contribution < -0.4 is 10.1 Å². The predicted octanol–water partition coefficient (Wildman–Crippen LogP) is 0.244. The first-order valence-electron chi connectivity index (χ1n) is 5.77. The molecule has 0 aliphatic rings. The zero-order valence-corrected chi connectivity index (χ0v) is 10.8. The number of para-hydroxylation sites is 1. The zero-order valence-electron chi connectivity index (χ0n) is 10.8. The Morgan fingerprint density at radius 1 is 1.32 bits per heavy atom. The molecule has 0 saturated heterocycles. The molecule has 1 aromatic rings. The van der Waals surface area contributed by atoms with Crippen LogP contribution in [-0.4, -0.2) is 41.3 Å². The molecule has 0 bridgehead atoms. The highest BCUT2D eigenvalue weighted by atomic mass is 16.5. The number of hydrogen-bond donors (Lipinski definition) is 3. The fourth-order valence-electron chi connectivity index (χ4n) is 1.59. The van der Waals surface area contributed by atoms with Crippen molar-refractivity contribution < 1.29 is 24.5 Å². The van der Waals surface area contributed by atoms with Gasteiger partial charge in [-0.1, -0.05) is 18.2 Å². The fraction of sp³-hybridized carbons (Fsp3) is 0.385. The Hall–Kier alpha value is -2.08. The standard InChI is InChI=1S/C13H17NO5/c1-8-4-3-5-9(2)12(8)19-7-11(16)14-10(6-15)13(17)18/h3-5,10,15H,6-7H2,1-2H3,(H,14,16)(H,17,18)/t10-/m1/s1. The molecule has 19 heavy (non-hydrogen) atoms. The van der Waals surface area contributed by atoms with E-state index in [4.69, 9.17) is 14.9 Å². The van der Waals surface area contributed by atoms with Gasteiger partial charge in [0.1, 0.15) is 11.8 Å². The number of nitrogens with one attached hydrogen (secondary N) is 1. The van der Waals surface area contributed by atoms with Crippen LogP contribution in [0.25, 0.3) is 0 Å². The van der Waals surface area contributed by atoms with E-state index in [-0.39, 0.29) is 6.61 Å². The van der Waals surface area contributed by atoms with Gasteiger partial charge in [0.2, 0.25) is 0 Å². The molecule has 0 spiro atoms. The lowest BCUT2D eigenvalue weighted by Crippen LogP contribution is -2.45. The highest BCUT2D eigenvalue weighted by molar-refractivity contribution is 5.84. The Kier molecular flexibility index (Phi) is 5.32. The summed E-state index contributed by atoms with van der Waals surface area (Å²) in [6.07, 6.45) is 0. The summed E-state index contributed by atoms with van der Waals surface area (Å²) in [6, 6.07) is 4.28. The van der Waals surface area contributed by atoms with Gasteiger partial charge in [0.25, 0.3) is 5.91 Å². The third-order valence-corrected chi connectivity index (χ3v) is 2.57. The largest absolute Gasteiger partial charge is 0.483 e. The second-order valence-electron chi connectivity index (χ2n) is 4.15. The van der Waals surface area contributed by atoms with E-state index in [1.165, 1.54) is 0 Å². The van der Waals surface area contributed by atoms with Gasteiger partial charge in [-0.2, -0.15) is 0 Å². The number of benzene rings is 1. The van der Waals surface area contributed by atoms with Crippen molar-refractivity contribution in [3.8, 4) is 5.75 Å². The van der Waals surface area contributed by atoms with Gasteiger partial charge in [0, 0.05) is 0 Å². The predicted molar refractivity (Wildman–Crippen MR) is 68.1 cm³/mol. The summed E-state index contributed by atoms with van der Waals surface area (Å²) < 4.78 is 5.37. The zero-order chi connectivity index (χ0) is 14.4. The number of aliphatic carboxylic acids is 1. The highest BCUT2D eigenvalue weighted by Crippen LogP contribution is 2.21. The number of carbonyl (C=O) groups excluding carboxylic acids is 1. The van der Waals surface area contributed by atoms with E-state index in [2.05, 4.69) is 5.32 Å². The average molecular weight is 267 g/mol. The summed E-state index contributed by atoms with van der Waals surface area (Å²) in [6.45, 7) is 2.75. The molecular weight excluding hydrogens is 250 g/mol. The second kappa shape index (κ2) is 6.75. The van der Waals surface area contributed by atoms with Crippen molar-refractivity contribution >= 4 is 11.9 Å². The van der Waals surface area contributed by atoms with Crippen molar-refractivity contribution in [2.24, 2.45) is 0 Å². The Labute approximate surface area is 111 Å². The third kappa shape index (κ3) is 4.26. The molecule has 1 amide bonds. The maximum Gasteiger partial charge on any atom is 0.328 e. The van der Waals surface area contributed by atoms with Gasteiger partial charge >= 0.3 is 5.97 Å². The van der Waals surface area contributed by atoms with E-state index < -0.39 is 24.5 Å². The molecule has 1 rings (SSSR count). The van der Waals surface area contributed by atoms with E-state index in [1.807, 2.05) is 32.0 Å². The smallest absolute Gasteiger partial charge is 0.328 e. The van der Waals surface area contributed by atoms with Crippen molar-refractivity contribution in [1.29, 1.82) is 0 Å². The first-order valence-corrected chi connectivity index (χ1v) is 5.77.